The molecule has 1 saturated carbocycles. The highest BCUT2D eigenvalue weighted by Gasteiger charge is 2.91. The standard InChI is InChI=1S/C11H8N4O/c12-5-10(6-13)9(1-3-16-4-2-9)11(10,7-14)8-15/h1-4H2. The molecule has 1 aliphatic carbocycles. The monoisotopic (exact) mass is 212 g/mol. The first-order chi connectivity index (χ1) is 7.70. The molecule has 1 spiro atoms. The molecule has 0 N–H and O–H groups in total. The number of rotatable bonds is 0. The van der Waals surface area contributed by atoms with Crippen molar-refractivity contribution in [3.05, 3.63) is 0 Å². The van der Waals surface area contributed by atoms with Crippen molar-refractivity contribution in [3.63, 3.8) is 0 Å². The Morgan fingerprint density at radius 3 is 1.44 bits per heavy atom. The van der Waals surface area contributed by atoms with E-state index in [4.69, 9.17) is 25.8 Å². The SMILES string of the molecule is N#CC1(C#N)C(C#N)(C#N)C12CCOCC2. The fourth-order valence-corrected chi connectivity index (χ4v) is 2.98. The van der Waals surface area contributed by atoms with Gasteiger partial charge in [-0.15, -0.1) is 0 Å². The number of nitriles is 4. The first-order valence-electron chi connectivity index (χ1n) is 4.93. The summed E-state index contributed by atoms with van der Waals surface area (Å²) in [6, 6.07) is 7.57. The average molecular weight is 212 g/mol. The summed E-state index contributed by atoms with van der Waals surface area (Å²) in [6.07, 6.45) is 0.852. The summed E-state index contributed by atoms with van der Waals surface area (Å²) < 4.78 is 5.17. The fourth-order valence-electron chi connectivity index (χ4n) is 2.98. The van der Waals surface area contributed by atoms with Crippen LogP contribution in [0.2, 0.25) is 0 Å². The summed E-state index contributed by atoms with van der Waals surface area (Å²) in [5.74, 6) is 0. The van der Waals surface area contributed by atoms with E-state index in [9.17, 15) is 0 Å². The van der Waals surface area contributed by atoms with Crippen LogP contribution in [0.4, 0.5) is 0 Å². The molecule has 1 heterocycles. The minimum Gasteiger partial charge on any atom is -0.381 e. The summed E-state index contributed by atoms with van der Waals surface area (Å²) in [5, 5.41) is 36.6. The average Bonchev–Trinajstić information content (AvgIpc) is 2.85. The second-order valence-corrected chi connectivity index (χ2v) is 4.14. The van der Waals surface area contributed by atoms with Gasteiger partial charge in [-0.1, -0.05) is 0 Å². The van der Waals surface area contributed by atoms with E-state index in [1.54, 1.807) is 0 Å². The van der Waals surface area contributed by atoms with Gasteiger partial charge in [0.25, 0.3) is 0 Å². The van der Waals surface area contributed by atoms with Gasteiger partial charge in [0.05, 0.1) is 24.3 Å². The predicted octanol–water partition coefficient (Wildman–Crippen LogP) is 0.864. The number of nitrogens with zero attached hydrogens (tertiary/aromatic N) is 4. The second kappa shape index (κ2) is 2.96. The van der Waals surface area contributed by atoms with Crippen LogP contribution in [0, 0.1) is 61.6 Å². The summed E-state index contributed by atoms with van der Waals surface area (Å²) in [4.78, 5) is 0. The Kier molecular flexibility index (Phi) is 1.93. The maximum absolute atomic E-state index is 9.16. The highest BCUT2D eigenvalue weighted by molar-refractivity contribution is 5.56. The van der Waals surface area contributed by atoms with Gasteiger partial charge in [0.2, 0.25) is 0 Å². The molecule has 16 heavy (non-hydrogen) atoms. The molecule has 2 fully saturated rings. The lowest BCUT2D eigenvalue weighted by Crippen LogP contribution is -2.23. The molecule has 0 radical (unpaired) electrons. The quantitative estimate of drug-likeness (QED) is 0.592. The number of hydrogen-bond acceptors (Lipinski definition) is 5. The van der Waals surface area contributed by atoms with Crippen LogP contribution in [0.3, 0.4) is 0 Å². The first-order valence-corrected chi connectivity index (χ1v) is 4.93. The molecule has 0 amide bonds. The van der Waals surface area contributed by atoms with Gasteiger partial charge in [-0.3, -0.25) is 0 Å². The van der Waals surface area contributed by atoms with Crippen LogP contribution in [0.25, 0.3) is 0 Å². The molecule has 0 unspecified atom stereocenters. The van der Waals surface area contributed by atoms with Crippen LogP contribution in [-0.4, -0.2) is 13.2 Å². The van der Waals surface area contributed by atoms with E-state index in [-0.39, 0.29) is 0 Å². The number of ether oxygens (including phenoxy) is 1. The zero-order chi connectivity index (χ0) is 11.9. The van der Waals surface area contributed by atoms with Crippen molar-refractivity contribution < 1.29 is 4.74 Å². The maximum atomic E-state index is 9.16. The molecule has 2 aliphatic rings. The van der Waals surface area contributed by atoms with Crippen LogP contribution in [-0.2, 0) is 4.74 Å². The molecule has 0 atom stereocenters. The molecule has 1 aliphatic heterocycles. The van der Waals surface area contributed by atoms with E-state index in [0.717, 1.165) is 0 Å². The highest BCUT2D eigenvalue weighted by Crippen LogP contribution is 2.81. The molecule has 0 aromatic heterocycles. The van der Waals surface area contributed by atoms with E-state index >= 15 is 0 Å². The van der Waals surface area contributed by atoms with Gasteiger partial charge in [-0.05, 0) is 12.8 Å². The molecule has 1 saturated heterocycles. The Labute approximate surface area is 93.1 Å². The minimum atomic E-state index is -1.48. The molecular formula is C11H8N4O. The Morgan fingerprint density at radius 2 is 1.12 bits per heavy atom. The molecule has 0 aromatic rings. The summed E-state index contributed by atoms with van der Waals surface area (Å²) >= 11 is 0. The van der Waals surface area contributed by atoms with Crippen LogP contribution in [0.15, 0.2) is 0 Å². The van der Waals surface area contributed by atoms with Crippen molar-refractivity contribution in [2.75, 3.05) is 13.2 Å². The zero-order valence-electron chi connectivity index (χ0n) is 8.53. The van der Waals surface area contributed by atoms with Crippen molar-refractivity contribution in [1.82, 2.24) is 0 Å². The van der Waals surface area contributed by atoms with Gasteiger partial charge in [0, 0.05) is 18.6 Å². The zero-order valence-corrected chi connectivity index (χ0v) is 8.53. The maximum Gasteiger partial charge on any atom is 0.184 e. The van der Waals surface area contributed by atoms with E-state index in [0.29, 0.717) is 26.1 Å². The van der Waals surface area contributed by atoms with Gasteiger partial charge in [-0.2, -0.15) is 21.0 Å². The van der Waals surface area contributed by atoms with Crippen molar-refractivity contribution >= 4 is 0 Å². The lowest BCUT2D eigenvalue weighted by Gasteiger charge is -2.22. The largest absolute Gasteiger partial charge is 0.381 e. The molecule has 2 rings (SSSR count). The van der Waals surface area contributed by atoms with Gasteiger partial charge in [-0.25, -0.2) is 0 Å². The topological polar surface area (TPSA) is 104 Å². The first kappa shape index (κ1) is 10.4. The third kappa shape index (κ3) is 0.704. The summed E-state index contributed by atoms with van der Waals surface area (Å²) in [6.45, 7) is 0.798. The Bertz CT molecular complexity index is 422. The van der Waals surface area contributed by atoms with E-state index in [1.165, 1.54) is 0 Å². The molecule has 5 heteroatoms. The Morgan fingerprint density at radius 1 is 0.750 bits per heavy atom. The van der Waals surface area contributed by atoms with E-state index in [1.807, 2.05) is 24.3 Å². The molecule has 0 bridgehead atoms. The molecular weight excluding hydrogens is 204 g/mol. The van der Waals surface area contributed by atoms with Gasteiger partial charge in [0.1, 0.15) is 0 Å². The normalized spacial score (nSPS) is 26.8. The second-order valence-electron chi connectivity index (χ2n) is 4.14. The van der Waals surface area contributed by atoms with Crippen molar-refractivity contribution in [1.29, 1.82) is 21.0 Å². The molecule has 0 aromatic carbocycles. The van der Waals surface area contributed by atoms with Gasteiger partial charge in [0.15, 0.2) is 10.8 Å². The van der Waals surface area contributed by atoms with Crippen LogP contribution >= 0.6 is 0 Å². The predicted molar refractivity (Wildman–Crippen MR) is 49.8 cm³/mol. The third-order valence-corrected chi connectivity index (χ3v) is 3.95. The van der Waals surface area contributed by atoms with E-state index in [2.05, 4.69) is 0 Å². The van der Waals surface area contributed by atoms with Crippen LogP contribution in [0.1, 0.15) is 12.8 Å². The summed E-state index contributed by atoms with van der Waals surface area (Å²) in [5.41, 5.74) is -3.77. The Hall–Kier alpha value is -2.08. The lowest BCUT2D eigenvalue weighted by molar-refractivity contribution is 0.0454. The van der Waals surface area contributed by atoms with Gasteiger partial charge < -0.3 is 4.74 Å². The molecule has 78 valence electrons. The van der Waals surface area contributed by atoms with Crippen LogP contribution in [0.5, 0.6) is 0 Å². The summed E-state index contributed by atoms with van der Waals surface area (Å²) in [7, 11) is 0. The highest BCUT2D eigenvalue weighted by atomic mass is 16.5. The minimum absolute atomic E-state index is 0.399. The van der Waals surface area contributed by atoms with Crippen molar-refractivity contribution in [3.8, 4) is 24.3 Å². The molecule has 5 nitrogen and oxygen atoms in total. The smallest absolute Gasteiger partial charge is 0.184 e. The number of hydrogen-bond donors (Lipinski definition) is 0. The Balaban J connectivity index is 2.58. The third-order valence-electron chi connectivity index (χ3n) is 3.95. The van der Waals surface area contributed by atoms with Crippen LogP contribution < -0.4 is 0 Å². The lowest BCUT2D eigenvalue weighted by atomic mass is 9.86. The van der Waals surface area contributed by atoms with Crippen molar-refractivity contribution in [2.24, 2.45) is 16.2 Å². The van der Waals surface area contributed by atoms with Gasteiger partial charge >= 0.3 is 0 Å². The fraction of sp³-hybridized carbons (Fsp3) is 0.636. The van der Waals surface area contributed by atoms with Crippen molar-refractivity contribution in [2.45, 2.75) is 12.8 Å². The van der Waals surface area contributed by atoms with E-state index < -0.39 is 16.2 Å².